The van der Waals surface area contributed by atoms with Crippen LogP contribution in [0.1, 0.15) is 55.4 Å². The molecular weight excluding hydrogens is 1880 g/mol. The second-order valence-electron chi connectivity index (χ2n) is 17.5. The van der Waals surface area contributed by atoms with Crippen LogP contribution in [0, 0.1) is 0 Å². The van der Waals surface area contributed by atoms with Crippen LogP contribution in [-0.4, -0.2) is 150 Å². The summed E-state index contributed by atoms with van der Waals surface area (Å²) < 4.78 is 0. The van der Waals surface area contributed by atoms with Crippen molar-refractivity contribution in [3.63, 3.8) is 0 Å². The normalized spacial score (nSPS) is 8.07. The molecule has 0 bridgehead atoms. The predicted octanol–water partition coefficient (Wildman–Crippen LogP) is -4.45. The second-order valence-corrected chi connectivity index (χ2v) is 17.5. The Hall–Kier alpha value is -10.5. The van der Waals surface area contributed by atoms with Gasteiger partial charge >= 0.3 is 137 Å². The molecule has 8 radical (unpaired) electrons. The van der Waals surface area contributed by atoms with Crippen molar-refractivity contribution in [1.29, 1.82) is 0 Å². The van der Waals surface area contributed by atoms with Gasteiger partial charge in [-0.05, 0) is 176 Å². The first-order valence-corrected chi connectivity index (χ1v) is 27.8. The molecule has 0 spiro atoms. The molecule has 12 aromatic heterocycles. The van der Waals surface area contributed by atoms with Gasteiger partial charge in [-0.15, -0.1) is 0 Å². The number of nitrogens with zero attached hydrogens (tertiary/aromatic N) is 20. The minimum atomic E-state index is -1.08. The number of carboxylic acid groups (broad SMARTS) is 8. The van der Waals surface area contributed by atoms with Crippen LogP contribution in [0.3, 0.4) is 0 Å². The molecule has 0 unspecified atom stereocenters. The number of pyridine rings is 8. The summed E-state index contributed by atoms with van der Waals surface area (Å²) >= 11 is 0. The Morgan fingerprint density at radius 3 is 0.420 bits per heavy atom. The Labute approximate surface area is 723 Å². The van der Waals surface area contributed by atoms with Crippen LogP contribution in [0.4, 0.5) is 0 Å². The summed E-state index contributed by atoms with van der Waals surface area (Å²) in [5.41, 5.74) is 5.68. The zero-order valence-electron chi connectivity index (χ0n) is 58.2. The molecule has 0 fully saturated rings. The molecule has 112 heavy (non-hydrogen) atoms. The minimum absolute atomic E-state index is 0. The monoisotopic (exact) mass is 1930 g/mol. The van der Waals surface area contributed by atoms with Gasteiger partial charge in [0.15, 0.2) is 0 Å². The molecule has 0 aromatic carbocycles. The Kier molecular flexibility index (Phi) is 88.3. The molecule has 0 aliphatic rings. The van der Waals surface area contributed by atoms with Crippen molar-refractivity contribution < 1.29 is 238 Å². The van der Waals surface area contributed by atoms with Crippen LogP contribution in [0.15, 0.2) is 195 Å². The summed E-state index contributed by atoms with van der Waals surface area (Å²) in [6.45, 7) is 7.78. The van der Waals surface area contributed by atoms with Gasteiger partial charge in [-0.3, -0.25) is 60.3 Å². The number of carbonyl (C=O) groups is 8. The van der Waals surface area contributed by atoms with E-state index in [0.29, 0.717) is 92.1 Å². The van der Waals surface area contributed by atoms with Gasteiger partial charge in [0.1, 0.15) is 0 Å². The zero-order valence-corrected chi connectivity index (χ0v) is 65.7. The van der Waals surface area contributed by atoms with Crippen LogP contribution in [0.5, 0.6) is 0 Å². The van der Waals surface area contributed by atoms with Gasteiger partial charge in [0, 0.05) is 97.3 Å². The van der Waals surface area contributed by atoms with Crippen molar-refractivity contribution in [2.75, 3.05) is 0 Å². The van der Waals surface area contributed by atoms with Crippen LogP contribution < -0.4 is 61.2 Å². The molecule has 0 atom stereocenters. The molecule has 4 N–H and O–H groups in total. The number of hydrogen-bond acceptors (Lipinski definition) is 36. The van der Waals surface area contributed by atoms with E-state index in [1.165, 1.54) is 0 Å². The molecule has 624 valence electrons. The van der Waals surface area contributed by atoms with Crippen molar-refractivity contribution in [1.82, 2.24) is 101 Å². The Morgan fingerprint density at radius 1 is 0.214 bits per heavy atom. The number of rotatable bonds is 8. The molecule has 40 nitrogen and oxygen atoms in total. The van der Waals surface area contributed by atoms with Crippen molar-refractivity contribution in [2.45, 2.75) is 55.4 Å². The summed E-state index contributed by atoms with van der Waals surface area (Å²) in [6.07, 6.45) is 13.6. The molecule has 12 rings (SSSR count). The third-order valence-electron chi connectivity index (χ3n) is 8.96. The van der Waals surface area contributed by atoms with Gasteiger partial charge in [-0.1, -0.05) is 48.5 Å². The summed E-state index contributed by atoms with van der Waals surface area (Å²) in [6, 6.07) is 44.6. The van der Waals surface area contributed by atoms with E-state index in [9.17, 15) is 0 Å². The van der Waals surface area contributed by atoms with Gasteiger partial charge in [0.05, 0.1) is 68.8 Å². The molecule has 0 saturated carbocycles. The van der Waals surface area contributed by atoms with Gasteiger partial charge in [-0.2, -0.15) is 0 Å². The van der Waals surface area contributed by atoms with Crippen molar-refractivity contribution >= 4 is 47.8 Å². The molecule has 0 saturated heterocycles. The number of hydrogen-bond donors (Lipinski definition) is 0. The Bertz CT molecular complexity index is 3470. The maximum Gasteiger partial charge on any atom is 2.00 e. The first-order chi connectivity index (χ1) is 47.6. The Morgan fingerprint density at radius 2 is 0.321 bits per heavy atom. The fourth-order valence-electron chi connectivity index (χ4n) is 5.79. The topological polar surface area (TPSA) is 704 Å². The van der Waals surface area contributed by atoms with Crippen molar-refractivity contribution in [2.24, 2.45) is 0 Å². The fourth-order valence-corrected chi connectivity index (χ4v) is 5.79. The molecule has 12 aromatic rings. The smallest absolute Gasteiger partial charge is 0.870 e. The van der Waals surface area contributed by atoms with E-state index in [2.05, 4.69) is 101 Å². The third kappa shape index (κ3) is 65.4. The van der Waals surface area contributed by atoms with E-state index in [-0.39, 0.29) is 158 Å². The van der Waals surface area contributed by atoms with E-state index in [4.69, 9.17) is 79.2 Å². The van der Waals surface area contributed by atoms with E-state index in [0.717, 1.165) is 55.4 Å². The summed E-state index contributed by atoms with van der Waals surface area (Å²) in [4.78, 5) is 122. The van der Waals surface area contributed by atoms with Gasteiger partial charge in [-0.25, -0.2) is 0 Å². The van der Waals surface area contributed by atoms with E-state index in [1.807, 2.05) is 146 Å². The number of carboxylic acids is 8. The molecular formula is C64H60Cu8N20O20. The summed E-state index contributed by atoms with van der Waals surface area (Å²) in [5.74, 6) is -4.51. The number of carbonyl (C=O) groups excluding carboxylic acids is 8. The van der Waals surface area contributed by atoms with Gasteiger partial charge in [0.25, 0.3) is 0 Å². The van der Waals surface area contributed by atoms with Crippen LogP contribution >= 0.6 is 0 Å². The minimum Gasteiger partial charge on any atom is -0.870 e. The maximum atomic E-state index is 8.89. The van der Waals surface area contributed by atoms with E-state index < -0.39 is 47.8 Å². The van der Waals surface area contributed by atoms with E-state index in [1.54, 1.807) is 49.6 Å². The van der Waals surface area contributed by atoms with Crippen molar-refractivity contribution in [3.05, 3.63) is 195 Å². The Balaban J connectivity index is -0.000000102. The predicted molar refractivity (Wildman–Crippen MR) is 340 cm³/mol. The van der Waals surface area contributed by atoms with Gasteiger partial charge in [0.2, 0.25) is 0 Å². The van der Waals surface area contributed by atoms with Crippen LogP contribution in [-0.2, 0) is 175 Å². The van der Waals surface area contributed by atoms with Gasteiger partial charge < -0.3 is 141 Å². The fraction of sp³-hybridized carbons (Fsp3) is 0.125. The molecule has 0 aliphatic heterocycles. The molecule has 0 aliphatic carbocycles. The maximum absolute atomic E-state index is 8.89. The first kappa shape index (κ1) is 128. The number of aromatic nitrogens is 20. The average Bonchev–Trinajstić information content (AvgIpc) is 1.73. The molecule has 12 heterocycles. The summed E-state index contributed by atoms with van der Waals surface area (Å²) in [5, 5.41) is 103. The standard InChI is InChI=1S/4C12H8N5.8C2H4O2.8Cu.4H2O/c4*1-3-7-13-9(5-1)11-15-12(17-16-11)10-6-2-4-8-14-10;8*1-2(3)4;;;;;;;;;;;;/h4*1-8H;8*1H3,(H,3,4);;;;;;;;;4*1H2/q4*-1;;;;;;;;;8*+2;;;;/p-12. The third-order valence-corrected chi connectivity index (χ3v) is 8.96. The quantitative estimate of drug-likeness (QED) is 0.130. The second kappa shape index (κ2) is 77.3. The molecule has 0 amide bonds. The molecule has 48 heteroatoms. The first-order valence-electron chi connectivity index (χ1n) is 27.8. The van der Waals surface area contributed by atoms with Crippen LogP contribution in [0.25, 0.3) is 92.1 Å². The summed E-state index contributed by atoms with van der Waals surface area (Å²) in [7, 11) is 0. The van der Waals surface area contributed by atoms with E-state index >= 15 is 0 Å². The van der Waals surface area contributed by atoms with Crippen LogP contribution in [0.2, 0.25) is 0 Å². The zero-order chi connectivity index (χ0) is 74.6. The largest absolute Gasteiger partial charge is 2.00 e. The van der Waals surface area contributed by atoms with Crippen molar-refractivity contribution in [3.8, 4) is 92.1 Å². The number of aliphatic carboxylic acids is 8. The average molecular weight is 1940 g/mol. The SMILES string of the molecule is CC(=O)[O-].CC(=O)[O-].CC(=O)[O-].CC(=O)[O-].CC(=O)[O-].CC(=O)[O-].CC(=O)[O-].CC(=O)[O-].[Cu+2].[Cu+2].[Cu+2].[Cu+2].[Cu+2].[Cu+2].[Cu+2].[Cu+2].[OH-].[OH-].[OH-].[OH-].c1ccc(-c2n[n-]c(-c3ccccn3)n2)nc1.c1ccc(-c2n[n-]c(-c3ccccn3)n2)nc1.c1ccc(-c2n[n-]c(-c3ccccn3)n2)nc1.c1ccc(-c2n[n-]c(-c3ccccn3)n2)nc1.